The molecule has 0 radical (unpaired) electrons. The molecule has 1 aromatic heterocycles. The van der Waals surface area contributed by atoms with E-state index in [9.17, 15) is 4.39 Å². The van der Waals surface area contributed by atoms with Crippen LogP contribution in [0.4, 0.5) is 15.2 Å². The Labute approximate surface area is 118 Å². The SMILES string of the molecule is Cc1ccc(Nc2nc3cccc(Cl)c3s2)cc1F. The first-order chi connectivity index (χ1) is 9.13. The van der Waals surface area contributed by atoms with E-state index < -0.39 is 0 Å². The maximum absolute atomic E-state index is 13.5. The van der Waals surface area contributed by atoms with E-state index in [1.807, 2.05) is 24.3 Å². The largest absolute Gasteiger partial charge is 0.331 e. The zero-order valence-electron chi connectivity index (χ0n) is 10.1. The van der Waals surface area contributed by atoms with Crippen LogP contribution in [0.15, 0.2) is 36.4 Å². The number of rotatable bonds is 2. The number of anilines is 2. The Morgan fingerprint density at radius 2 is 2.11 bits per heavy atom. The summed E-state index contributed by atoms with van der Waals surface area (Å²) in [5, 5.41) is 4.48. The normalized spacial score (nSPS) is 10.9. The Balaban J connectivity index is 1.96. The second-order valence-electron chi connectivity index (χ2n) is 4.20. The van der Waals surface area contributed by atoms with Gasteiger partial charge < -0.3 is 5.32 Å². The van der Waals surface area contributed by atoms with Crippen molar-refractivity contribution in [2.75, 3.05) is 5.32 Å². The second-order valence-corrected chi connectivity index (χ2v) is 5.60. The van der Waals surface area contributed by atoms with Gasteiger partial charge in [-0.3, -0.25) is 0 Å². The van der Waals surface area contributed by atoms with Crippen LogP contribution in [-0.4, -0.2) is 4.98 Å². The van der Waals surface area contributed by atoms with Crippen LogP contribution in [0.1, 0.15) is 5.56 Å². The molecule has 1 N–H and O–H groups in total. The van der Waals surface area contributed by atoms with Crippen molar-refractivity contribution < 1.29 is 4.39 Å². The number of fused-ring (bicyclic) bond motifs is 1. The second kappa shape index (κ2) is 4.79. The predicted octanol–water partition coefficient (Wildman–Crippen LogP) is 5.14. The van der Waals surface area contributed by atoms with Gasteiger partial charge in [0.05, 0.1) is 15.2 Å². The summed E-state index contributed by atoms with van der Waals surface area (Å²) in [6.07, 6.45) is 0. The molecule has 96 valence electrons. The number of thiazole rings is 1. The van der Waals surface area contributed by atoms with Gasteiger partial charge >= 0.3 is 0 Å². The molecule has 19 heavy (non-hydrogen) atoms. The van der Waals surface area contributed by atoms with Gasteiger partial charge in [0, 0.05) is 5.69 Å². The van der Waals surface area contributed by atoms with Crippen LogP contribution in [0.3, 0.4) is 0 Å². The molecule has 0 saturated heterocycles. The molecule has 5 heteroatoms. The van der Waals surface area contributed by atoms with Gasteiger partial charge in [0.2, 0.25) is 0 Å². The highest BCUT2D eigenvalue weighted by molar-refractivity contribution is 7.22. The molecule has 0 aliphatic heterocycles. The molecule has 2 nitrogen and oxygen atoms in total. The monoisotopic (exact) mass is 292 g/mol. The fourth-order valence-corrected chi connectivity index (χ4v) is 2.94. The molecular formula is C14H10ClFN2S. The van der Waals surface area contributed by atoms with E-state index in [0.717, 1.165) is 10.2 Å². The smallest absolute Gasteiger partial charge is 0.188 e. The van der Waals surface area contributed by atoms with Crippen LogP contribution >= 0.6 is 22.9 Å². The maximum Gasteiger partial charge on any atom is 0.188 e. The fourth-order valence-electron chi connectivity index (χ4n) is 1.76. The summed E-state index contributed by atoms with van der Waals surface area (Å²) in [6.45, 7) is 1.73. The van der Waals surface area contributed by atoms with Gasteiger partial charge in [-0.2, -0.15) is 0 Å². The summed E-state index contributed by atoms with van der Waals surface area (Å²) < 4.78 is 14.4. The number of aryl methyl sites for hydroxylation is 1. The fraction of sp³-hybridized carbons (Fsp3) is 0.0714. The number of halogens is 2. The number of hydrogen-bond acceptors (Lipinski definition) is 3. The Kier molecular flexibility index (Phi) is 3.12. The molecule has 0 saturated carbocycles. The highest BCUT2D eigenvalue weighted by atomic mass is 35.5. The van der Waals surface area contributed by atoms with Crippen molar-refractivity contribution in [3.8, 4) is 0 Å². The lowest BCUT2D eigenvalue weighted by Gasteiger charge is -2.03. The number of aromatic nitrogens is 1. The van der Waals surface area contributed by atoms with E-state index in [4.69, 9.17) is 11.6 Å². The molecule has 0 bridgehead atoms. The van der Waals surface area contributed by atoms with Crippen LogP contribution in [-0.2, 0) is 0 Å². The standard InChI is InChI=1S/C14H10ClFN2S/c1-8-5-6-9(7-11(8)16)17-14-18-12-4-2-3-10(15)13(12)19-14/h2-7H,1H3,(H,17,18). The molecule has 3 aromatic rings. The summed E-state index contributed by atoms with van der Waals surface area (Å²) in [4.78, 5) is 4.42. The lowest BCUT2D eigenvalue weighted by Crippen LogP contribution is -1.91. The van der Waals surface area contributed by atoms with Gasteiger partial charge in [0.15, 0.2) is 5.13 Å². The van der Waals surface area contributed by atoms with Crippen molar-refractivity contribution in [1.82, 2.24) is 4.98 Å². The van der Waals surface area contributed by atoms with Gasteiger partial charge in [-0.05, 0) is 36.8 Å². The van der Waals surface area contributed by atoms with E-state index in [0.29, 0.717) is 21.4 Å². The van der Waals surface area contributed by atoms with E-state index in [2.05, 4.69) is 10.3 Å². The van der Waals surface area contributed by atoms with E-state index >= 15 is 0 Å². The first-order valence-corrected chi connectivity index (χ1v) is 6.91. The summed E-state index contributed by atoms with van der Waals surface area (Å²) in [6, 6.07) is 10.6. The van der Waals surface area contributed by atoms with Crippen LogP contribution < -0.4 is 5.32 Å². The third-order valence-electron chi connectivity index (χ3n) is 2.79. The van der Waals surface area contributed by atoms with Crippen LogP contribution in [0.2, 0.25) is 5.02 Å². The molecule has 0 atom stereocenters. The summed E-state index contributed by atoms with van der Waals surface area (Å²) in [5.41, 5.74) is 2.14. The Morgan fingerprint density at radius 1 is 1.26 bits per heavy atom. The summed E-state index contributed by atoms with van der Waals surface area (Å²) in [5.74, 6) is -0.232. The lowest BCUT2D eigenvalue weighted by molar-refractivity contribution is 0.619. The number of hydrogen-bond donors (Lipinski definition) is 1. The maximum atomic E-state index is 13.5. The van der Waals surface area contributed by atoms with Crippen molar-refractivity contribution in [2.45, 2.75) is 6.92 Å². The minimum Gasteiger partial charge on any atom is -0.331 e. The quantitative estimate of drug-likeness (QED) is 0.707. The van der Waals surface area contributed by atoms with Gasteiger partial charge in [-0.15, -0.1) is 0 Å². The molecule has 0 spiro atoms. The summed E-state index contributed by atoms with van der Waals surface area (Å²) in [7, 11) is 0. The minimum atomic E-state index is -0.232. The highest BCUT2D eigenvalue weighted by Gasteiger charge is 2.07. The lowest BCUT2D eigenvalue weighted by atomic mass is 10.2. The first-order valence-electron chi connectivity index (χ1n) is 5.72. The topological polar surface area (TPSA) is 24.9 Å². The molecule has 0 fully saturated rings. The average molecular weight is 293 g/mol. The minimum absolute atomic E-state index is 0.232. The van der Waals surface area contributed by atoms with E-state index in [1.54, 1.807) is 13.0 Å². The van der Waals surface area contributed by atoms with Crippen LogP contribution in [0.5, 0.6) is 0 Å². The molecule has 1 heterocycles. The third-order valence-corrected chi connectivity index (χ3v) is 4.24. The molecule has 2 aromatic carbocycles. The molecule has 0 aliphatic carbocycles. The highest BCUT2D eigenvalue weighted by Crippen LogP contribution is 2.33. The molecule has 0 amide bonds. The molecule has 0 unspecified atom stereocenters. The zero-order valence-corrected chi connectivity index (χ0v) is 11.6. The Hall–Kier alpha value is -1.65. The molecule has 0 aliphatic rings. The summed E-state index contributed by atoms with van der Waals surface area (Å²) >= 11 is 7.55. The Morgan fingerprint density at radius 3 is 2.84 bits per heavy atom. The average Bonchev–Trinajstić information content (AvgIpc) is 2.78. The molecule has 3 rings (SSSR count). The van der Waals surface area contributed by atoms with Gasteiger partial charge in [0.1, 0.15) is 5.82 Å². The number of benzene rings is 2. The first kappa shape index (κ1) is 12.4. The van der Waals surface area contributed by atoms with Crippen molar-refractivity contribution in [3.63, 3.8) is 0 Å². The van der Waals surface area contributed by atoms with Crippen molar-refractivity contribution in [1.29, 1.82) is 0 Å². The predicted molar refractivity (Wildman–Crippen MR) is 79.0 cm³/mol. The third kappa shape index (κ3) is 2.41. The zero-order chi connectivity index (χ0) is 13.4. The number of nitrogens with one attached hydrogen (secondary N) is 1. The van der Waals surface area contributed by atoms with Gasteiger partial charge in [0.25, 0.3) is 0 Å². The van der Waals surface area contributed by atoms with Crippen molar-refractivity contribution in [2.24, 2.45) is 0 Å². The van der Waals surface area contributed by atoms with E-state index in [-0.39, 0.29) is 5.82 Å². The number of nitrogens with zero attached hydrogens (tertiary/aromatic N) is 1. The molecular weight excluding hydrogens is 283 g/mol. The van der Waals surface area contributed by atoms with Gasteiger partial charge in [-0.25, -0.2) is 9.37 Å². The Bertz CT molecular complexity index is 754. The van der Waals surface area contributed by atoms with Crippen molar-refractivity contribution >= 4 is 44.0 Å². The van der Waals surface area contributed by atoms with Crippen LogP contribution in [0, 0.1) is 12.7 Å². The van der Waals surface area contributed by atoms with Crippen molar-refractivity contribution in [3.05, 3.63) is 52.8 Å². The van der Waals surface area contributed by atoms with E-state index in [1.165, 1.54) is 17.4 Å². The van der Waals surface area contributed by atoms with Gasteiger partial charge in [-0.1, -0.05) is 35.1 Å². The van der Waals surface area contributed by atoms with Crippen LogP contribution in [0.25, 0.3) is 10.2 Å².